The number of H-pyrrole nitrogens is 1. The first-order chi connectivity index (χ1) is 11.3. The van der Waals surface area contributed by atoms with Crippen molar-refractivity contribution in [2.75, 3.05) is 0 Å². The van der Waals surface area contributed by atoms with Gasteiger partial charge in [0.1, 0.15) is 0 Å². The monoisotopic (exact) mass is 324 g/mol. The van der Waals surface area contributed by atoms with Crippen LogP contribution < -0.4 is 4.72 Å². The molecule has 2 heterocycles. The fraction of sp³-hybridized carbons (Fsp3) is 0.333. The van der Waals surface area contributed by atoms with Crippen LogP contribution in [-0.2, 0) is 19.3 Å². The minimum absolute atomic E-state index is 0.490. The summed E-state index contributed by atoms with van der Waals surface area (Å²) < 4.78 is 3.62. The predicted octanol–water partition coefficient (Wildman–Crippen LogP) is 3.67. The number of benzene rings is 1. The van der Waals surface area contributed by atoms with Gasteiger partial charge in [-0.3, -0.25) is 9.82 Å². The second-order valence-corrected chi connectivity index (χ2v) is 6.96. The van der Waals surface area contributed by atoms with Crippen molar-refractivity contribution < 1.29 is 0 Å². The van der Waals surface area contributed by atoms with Crippen LogP contribution in [0.4, 0.5) is 0 Å². The maximum absolute atomic E-state index is 4.47. The number of pyridine rings is 1. The van der Waals surface area contributed by atoms with Crippen LogP contribution >= 0.6 is 11.9 Å². The Morgan fingerprint density at radius 3 is 2.96 bits per heavy atom. The molecule has 1 aromatic carbocycles. The highest BCUT2D eigenvalue weighted by Gasteiger charge is 2.21. The van der Waals surface area contributed by atoms with Gasteiger partial charge in [-0.25, -0.2) is 4.98 Å². The highest BCUT2D eigenvalue weighted by Crippen LogP contribution is 2.28. The summed E-state index contributed by atoms with van der Waals surface area (Å²) in [5.41, 5.74) is 5.06. The van der Waals surface area contributed by atoms with Gasteiger partial charge in [0.15, 0.2) is 5.65 Å². The Morgan fingerprint density at radius 2 is 2.13 bits per heavy atom. The molecular formula is C18H20N4S. The molecular weight excluding hydrogens is 304 g/mol. The topological polar surface area (TPSA) is 53.6 Å². The molecule has 4 nitrogen and oxygen atoms in total. The van der Waals surface area contributed by atoms with Gasteiger partial charge in [-0.1, -0.05) is 19.1 Å². The standard InChI is InChI=1S/C18H20N4S/c1-2-12-3-6-15(7-4-12)23-22-14-5-8-16-13(9-14)10-19-18-17(16)11-20-21-18/h3-4,6-7,10-11,14,22H,2,5,8-9H2,1H3,(H,19,20,21). The Morgan fingerprint density at radius 1 is 1.26 bits per heavy atom. The SMILES string of the molecule is CCc1ccc(SNC2CCc3c(cnc4[nH]ncc34)C2)cc1. The fourth-order valence-corrected chi connectivity index (χ4v) is 3.97. The van der Waals surface area contributed by atoms with E-state index in [1.807, 2.05) is 12.4 Å². The molecule has 0 bridgehead atoms. The number of aromatic nitrogens is 3. The molecule has 23 heavy (non-hydrogen) atoms. The van der Waals surface area contributed by atoms with Gasteiger partial charge >= 0.3 is 0 Å². The zero-order valence-electron chi connectivity index (χ0n) is 13.2. The van der Waals surface area contributed by atoms with E-state index in [-0.39, 0.29) is 0 Å². The van der Waals surface area contributed by atoms with Crippen LogP contribution in [0, 0.1) is 0 Å². The zero-order valence-corrected chi connectivity index (χ0v) is 14.0. The third kappa shape index (κ3) is 2.99. The average molecular weight is 324 g/mol. The summed E-state index contributed by atoms with van der Waals surface area (Å²) >= 11 is 1.74. The van der Waals surface area contributed by atoms with E-state index < -0.39 is 0 Å². The molecule has 5 heteroatoms. The van der Waals surface area contributed by atoms with E-state index in [1.165, 1.54) is 27.0 Å². The van der Waals surface area contributed by atoms with Crippen LogP contribution in [0.5, 0.6) is 0 Å². The minimum Gasteiger partial charge on any atom is -0.261 e. The van der Waals surface area contributed by atoms with Crippen LogP contribution in [0.1, 0.15) is 30.0 Å². The van der Waals surface area contributed by atoms with Gasteiger partial charge in [0, 0.05) is 22.5 Å². The van der Waals surface area contributed by atoms with Crippen molar-refractivity contribution in [1.82, 2.24) is 19.9 Å². The van der Waals surface area contributed by atoms with E-state index in [0.717, 1.165) is 31.3 Å². The highest BCUT2D eigenvalue weighted by atomic mass is 32.2. The molecule has 0 spiro atoms. The van der Waals surface area contributed by atoms with Crippen LogP contribution in [0.15, 0.2) is 41.6 Å². The lowest BCUT2D eigenvalue weighted by molar-refractivity contribution is 0.547. The molecule has 1 unspecified atom stereocenters. The molecule has 0 aliphatic heterocycles. The number of rotatable bonds is 4. The Bertz CT molecular complexity index is 810. The first kappa shape index (κ1) is 14.7. The summed E-state index contributed by atoms with van der Waals surface area (Å²) in [5, 5.41) is 8.25. The molecule has 2 N–H and O–H groups in total. The Kier molecular flexibility index (Phi) is 4.06. The normalized spacial score (nSPS) is 17.3. The number of aromatic amines is 1. The quantitative estimate of drug-likeness (QED) is 0.719. The molecule has 4 rings (SSSR count). The van der Waals surface area contributed by atoms with Gasteiger partial charge in [-0.05, 0) is 66.5 Å². The van der Waals surface area contributed by atoms with Crippen molar-refractivity contribution in [2.45, 2.75) is 43.5 Å². The van der Waals surface area contributed by atoms with E-state index in [0.29, 0.717) is 6.04 Å². The first-order valence-corrected chi connectivity index (χ1v) is 8.96. The zero-order chi connectivity index (χ0) is 15.6. The van der Waals surface area contributed by atoms with Crippen molar-refractivity contribution in [3.63, 3.8) is 0 Å². The Hall–Kier alpha value is -1.85. The summed E-state index contributed by atoms with van der Waals surface area (Å²) in [5.74, 6) is 0. The summed E-state index contributed by atoms with van der Waals surface area (Å²) in [6.45, 7) is 2.19. The average Bonchev–Trinajstić information content (AvgIpc) is 3.09. The van der Waals surface area contributed by atoms with Crippen molar-refractivity contribution in [2.24, 2.45) is 0 Å². The molecule has 1 atom stereocenters. The third-order valence-electron chi connectivity index (χ3n) is 4.57. The second-order valence-electron chi connectivity index (χ2n) is 6.05. The van der Waals surface area contributed by atoms with Crippen molar-refractivity contribution in [3.8, 4) is 0 Å². The lowest BCUT2D eigenvalue weighted by atomic mass is 9.88. The molecule has 0 fully saturated rings. The number of nitrogens with zero attached hydrogens (tertiary/aromatic N) is 2. The first-order valence-electron chi connectivity index (χ1n) is 8.14. The molecule has 3 aromatic rings. The molecule has 118 valence electrons. The van der Waals surface area contributed by atoms with E-state index in [1.54, 1.807) is 11.9 Å². The van der Waals surface area contributed by atoms with Crippen molar-refractivity contribution >= 4 is 23.0 Å². The number of hydrogen-bond acceptors (Lipinski definition) is 4. The van der Waals surface area contributed by atoms with Crippen LogP contribution in [0.25, 0.3) is 11.0 Å². The van der Waals surface area contributed by atoms with Gasteiger partial charge in [0.25, 0.3) is 0 Å². The molecule has 1 aliphatic rings. The van der Waals surface area contributed by atoms with Gasteiger partial charge in [0.05, 0.1) is 6.20 Å². The largest absolute Gasteiger partial charge is 0.261 e. The van der Waals surface area contributed by atoms with E-state index in [2.05, 4.69) is 51.1 Å². The lowest BCUT2D eigenvalue weighted by Gasteiger charge is -2.25. The third-order valence-corrected chi connectivity index (χ3v) is 5.52. The lowest BCUT2D eigenvalue weighted by Crippen LogP contribution is -2.30. The van der Waals surface area contributed by atoms with E-state index >= 15 is 0 Å². The highest BCUT2D eigenvalue weighted by molar-refractivity contribution is 7.97. The minimum atomic E-state index is 0.490. The van der Waals surface area contributed by atoms with Gasteiger partial charge < -0.3 is 0 Å². The van der Waals surface area contributed by atoms with Gasteiger partial charge in [-0.15, -0.1) is 0 Å². The maximum Gasteiger partial charge on any atom is 0.155 e. The van der Waals surface area contributed by atoms with Gasteiger partial charge in [-0.2, -0.15) is 5.10 Å². The fourth-order valence-electron chi connectivity index (χ4n) is 3.19. The Balaban J connectivity index is 1.43. The maximum atomic E-state index is 4.47. The second kappa shape index (κ2) is 6.34. The number of hydrogen-bond donors (Lipinski definition) is 2. The molecule has 0 saturated heterocycles. The number of aryl methyl sites for hydroxylation is 2. The molecule has 0 saturated carbocycles. The molecule has 0 amide bonds. The predicted molar refractivity (Wildman–Crippen MR) is 94.5 cm³/mol. The van der Waals surface area contributed by atoms with Crippen LogP contribution in [0.3, 0.4) is 0 Å². The summed E-state index contributed by atoms with van der Waals surface area (Å²) in [6.07, 6.45) is 8.26. The van der Waals surface area contributed by atoms with Crippen molar-refractivity contribution in [1.29, 1.82) is 0 Å². The van der Waals surface area contributed by atoms with Crippen LogP contribution in [-0.4, -0.2) is 21.2 Å². The number of fused-ring (bicyclic) bond motifs is 3. The van der Waals surface area contributed by atoms with E-state index in [9.17, 15) is 0 Å². The number of nitrogens with one attached hydrogen (secondary N) is 2. The van der Waals surface area contributed by atoms with E-state index in [4.69, 9.17) is 0 Å². The smallest absolute Gasteiger partial charge is 0.155 e. The molecule has 0 radical (unpaired) electrons. The molecule has 1 aliphatic carbocycles. The van der Waals surface area contributed by atoms with Gasteiger partial charge in [0.2, 0.25) is 0 Å². The Labute approximate surface area is 140 Å². The summed E-state index contributed by atoms with van der Waals surface area (Å²) in [4.78, 5) is 5.75. The van der Waals surface area contributed by atoms with Crippen molar-refractivity contribution in [3.05, 3.63) is 53.3 Å². The van der Waals surface area contributed by atoms with Crippen LogP contribution in [0.2, 0.25) is 0 Å². The summed E-state index contributed by atoms with van der Waals surface area (Å²) in [6, 6.07) is 9.30. The summed E-state index contributed by atoms with van der Waals surface area (Å²) in [7, 11) is 0. The molecule has 2 aromatic heterocycles.